The summed E-state index contributed by atoms with van der Waals surface area (Å²) in [5, 5.41) is 2.96. The van der Waals surface area contributed by atoms with E-state index in [1.165, 1.54) is 12.1 Å². The van der Waals surface area contributed by atoms with Crippen LogP contribution in [0.5, 0.6) is 0 Å². The van der Waals surface area contributed by atoms with Crippen LogP contribution in [0.1, 0.15) is 30.9 Å². The van der Waals surface area contributed by atoms with Crippen LogP contribution in [0.15, 0.2) is 80.5 Å². The molecule has 0 radical (unpaired) electrons. The first-order valence-corrected chi connectivity index (χ1v) is 12.7. The Balaban J connectivity index is 1.62. The third kappa shape index (κ3) is 6.30. The third-order valence-corrected chi connectivity index (χ3v) is 7.41. The van der Waals surface area contributed by atoms with Crippen LogP contribution in [0.4, 0.5) is 0 Å². The van der Waals surface area contributed by atoms with Crippen molar-refractivity contribution in [2.75, 3.05) is 5.75 Å². The number of aromatic nitrogens is 2. The lowest BCUT2D eigenvalue weighted by molar-refractivity contribution is -0.118. The largest absolute Gasteiger partial charge is 0.351 e. The summed E-state index contributed by atoms with van der Waals surface area (Å²) in [6.45, 7) is 2.50. The summed E-state index contributed by atoms with van der Waals surface area (Å²) in [6.07, 6.45) is 4.01. The van der Waals surface area contributed by atoms with E-state index < -0.39 is 20.3 Å². The first-order valence-electron chi connectivity index (χ1n) is 10.3. The SMILES string of the molecule is CCCCc1ccc(S(=O)(=O)c2cnc(SCC(=O)NCc3ccccc3)[nH]c2=O)cc1. The molecule has 1 heterocycles. The van der Waals surface area contributed by atoms with Crippen molar-refractivity contribution in [1.82, 2.24) is 15.3 Å². The number of hydrogen-bond acceptors (Lipinski definition) is 6. The molecule has 0 saturated heterocycles. The molecule has 0 bridgehead atoms. The second-order valence-corrected chi connectivity index (χ2v) is 10.1. The molecule has 32 heavy (non-hydrogen) atoms. The molecule has 1 amide bonds. The van der Waals surface area contributed by atoms with Crippen molar-refractivity contribution in [2.24, 2.45) is 0 Å². The van der Waals surface area contributed by atoms with Gasteiger partial charge in [0.1, 0.15) is 0 Å². The summed E-state index contributed by atoms with van der Waals surface area (Å²) in [5.74, 6) is -0.178. The minimum absolute atomic E-state index is 0.0428. The highest BCUT2D eigenvalue weighted by atomic mass is 32.2. The van der Waals surface area contributed by atoms with Crippen LogP contribution in [0, 0.1) is 0 Å². The summed E-state index contributed by atoms with van der Waals surface area (Å²) < 4.78 is 25.7. The zero-order chi connectivity index (χ0) is 23.0. The van der Waals surface area contributed by atoms with Gasteiger partial charge in [-0.1, -0.05) is 67.6 Å². The van der Waals surface area contributed by atoms with Gasteiger partial charge in [0.05, 0.1) is 16.8 Å². The van der Waals surface area contributed by atoms with Crippen molar-refractivity contribution in [3.63, 3.8) is 0 Å². The molecule has 7 nitrogen and oxygen atoms in total. The van der Waals surface area contributed by atoms with Gasteiger partial charge in [0.25, 0.3) is 5.56 Å². The number of unbranched alkanes of at least 4 members (excludes halogenated alkanes) is 1. The van der Waals surface area contributed by atoms with Crippen LogP contribution in [0.3, 0.4) is 0 Å². The van der Waals surface area contributed by atoms with Gasteiger partial charge in [-0.25, -0.2) is 13.4 Å². The van der Waals surface area contributed by atoms with Crippen LogP contribution in [0.25, 0.3) is 0 Å². The first kappa shape index (κ1) is 23.7. The van der Waals surface area contributed by atoms with Gasteiger partial charge in [-0.15, -0.1) is 0 Å². The predicted octanol–water partition coefficient (Wildman–Crippen LogP) is 3.35. The number of carbonyl (C=O) groups excluding carboxylic acids is 1. The lowest BCUT2D eigenvalue weighted by Crippen LogP contribution is -2.25. The summed E-state index contributed by atoms with van der Waals surface area (Å²) in [6, 6.07) is 16.1. The highest BCUT2D eigenvalue weighted by Crippen LogP contribution is 2.20. The van der Waals surface area contributed by atoms with Gasteiger partial charge in [0.15, 0.2) is 10.1 Å². The normalized spacial score (nSPS) is 11.3. The van der Waals surface area contributed by atoms with E-state index in [4.69, 9.17) is 0 Å². The average molecular weight is 472 g/mol. The molecule has 0 unspecified atom stereocenters. The quantitative estimate of drug-likeness (QED) is 0.347. The fourth-order valence-corrected chi connectivity index (χ4v) is 4.85. The van der Waals surface area contributed by atoms with E-state index in [1.807, 2.05) is 30.3 Å². The molecule has 0 saturated carbocycles. The maximum absolute atomic E-state index is 12.8. The molecule has 3 aromatic rings. The second kappa shape index (κ2) is 11.1. The molecule has 3 rings (SSSR count). The molecule has 2 N–H and O–H groups in total. The van der Waals surface area contributed by atoms with E-state index in [0.717, 1.165) is 48.3 Å². The molecule has 0 aliphatic rings. The number of amides is 1. The second-order valence-electron chi connectivity index (χ2n) is 7.18. The molecular weight excluding hydrogens is 446 g/mol. The Bertz CT molecular complexity index is 1210. The van der Waals surface area contributed by atoms with Crippen molar-refractivity contribution in [3.05, 3.63) is 82.3 Å². The number of H-pyrrole nitrogens is 1. The van der Waals surface area contributed by atoms with E-state index in [9.17, 15) is 18.0 Å². The first-order chi connectivity index (χ1) is 15.4. The maximum Gasteiger partial charge on any atom is 0.270 e. The van der Waals surface area contributed by atoms with Gasteiger partial charge in [0.2, 0.25) is 15.7 Å². The highest BCUT2D eigenvalue weighted by molar-refractivity contribution is 7.99. The van der Waals surface area contributed by atoms with Crippen molar-refractivity contribution in [3.8, 4) is 0 Å². The van der Waals surface area contributed by atoms with E-state index in [0.29, 0.717) is 6.54 Å². The van der Waals surface area contributed by atoms with Gasteiger partial charge < -0.3 is 10.3 Å². The smallest absolute Gasteiger partial charge is 0.270 e. The summed E-state index contributed by atoms with van der Waals surface area (Å²) in [7, 11) is -3.99. The number of thioether (sulfide) groups is 1. The molecule has 0 aliphatic carbocycles. The van der Waals surface area contributed by atoms with Crippen molar-refractivity contribution >= 4 is 27.5 Å². The molecular formula is C23H25N3O4S2. The lowest BCUT2D eigenvalue weighted by atomic mass is 10.1. The standard InChI is InChI=1S/C23H25N3O4S2/c1-2-3-7-17-10-12-19(13-11-17)32(29,30)20-15-25-23(26-22(20)28)31-16-21(27)24-14-18-8-5-4-6-9-18/h4-6,8-13,15H,2-3,7,14,16H2,1H3,(H,24,27)(H,25,26,28). The van der Waals surface area contributed by atoms with Crippen molar-refractivity contribution in [2.45, 2.75) is 47.7 Å². The van der Waals surface area contributed by atoms with Gasteiger partial charge in [-0.3, -0.25) is 9.59 Å². The van der Waals surface area contributed by atoms with Crippen LogP contribution in [-0.2, 0) is 27.6 Å². The number of aryl methyl sites for hydroxylation is 1. The molecule has 168 valence electrons. The number of nitrogens with zero attached hydrogens (tertiary/aromatic N) is 1. The Morgan fingerprint density at radius 2 is 1.78 bits per heavy atom. The molecule has 9 heteroatoms. The summed E-state index contributed by atoms with van der Waals surface area (Å²) in [4.78, 5) is 30.6. The van der Waals surface area contributed by atoms with Crippen LogP contribution >= 0.6 is 11.8 Å². The molecule has 0 spiro atoms. The summed E-state index contributed by atoms with van der Waals surface area (Å²) in [5.41, 5.74) is 1.27. The number of sulfone groups is 1. The van der Waals surface area contributed by atoms with Gasteiger partial charge in [0, 0.05) is 6.54 Å². The number of rotatable bonds is 10. The number of benzene rings is 2. The Labute approximate surface area is 191 Å². The Morgan fingerprint density at radius 3 is 2.44 bits per heavy atom. The highest BCUT2D eigenvalue weighted by Gasteiger charge is 2.22. The molecule has 0 aliphatic heterocycles. The number of nitrogens with one attached hydrogen (secondary N) is 2. The number of carbonyl (C=O) groups is 1. The Morgan fingerprint density at radius 1 is 1.06 bits per heavy atom. The average Bonchev–Trinajstić information content (AvgIpc) is 2.81. The van der Waals surface area contributed by atoms with Gasteiger partial charge in [-0.05, 0) is 36.1 Å². The molecule has 0 atom stereocenters. The van der Waals surface area contributed by atoms with Crippen molar-refractivity contribution < 1.29 is 13.2 Å². The van der Waals surface area contributed by atoms with Gasteiger partial charge >= 0.3 is 0 Å². The fraction of sp³-hybridized carbons (Fsp3) is 0.261. The summed E-state index contributed by atoms with van der Waals surface area (Å²) >= 11 is 1.03. The van der Waals surface area contributed by atoms with Crippen LogP contribution in [0.2, 0.25) is 0 Å². The fourth-order valence-electron chi connectivity index (χ4n) is 2.96. The van der Waals surface area contributed by atoms with E-state index >= 15 is 0 Å². The monoisotopic (exact) mass is 471 g/mol. The molecule has 2 aromatic carbocycles. The predicted molar refractivity (Wildman–Crippen MR) is 124 cm³/mol. The molecule has 0 fully saturated rings. The zero-order valence-electron chi connectivity index (χ0n) is 17.7. The minimum atomic E-state index is -3.99. The third-order valence-electron chi connectivity index (χ3n) is 4.76. The van der Waals surface area contributed by atoms with Crippen LogP contribution in [-0.4, -0.2) is 30.0 Å². The topological polar surface area (TPSA) is 109 Å². The van der Waals surface area contributed by atoms with Gasteiger partial charge in [-0.2, -0.15) is 0 Å². The Hall–Kier alpha value is -2.91. The minimum Gasteiger partial charge on any atom is -0.351 e. The lowest BCUT2D eigenvalue weighted by Gasteiger charge is -2.07. The zero-order valence-corrected chi connectivity index (χ0v) is 19.3. The number of aromatic amines is 1. The van der Waals surface area contributed by atoms with E-state index in [-0.39, 0.29) is 21.7 Å². The maximum atomic E-state index is 12.8. The van der Waals surface area contributed by atoms with E-state index in [2.05, 4.69) is 22.2 Å². The Kier molecular flexibility index (Phi) is 8.24. The van der Waals surface area contributed by atoms with E-state index in [1.54, 1.807) is 12.1 Å². The molecule has 1 aromatic heterocycles. The number of hydrogen-bond donors (Lipinski definition) is 2. The van der Waals surface area contributed by atoms with Crippen LogP contribution < -0.4 is 10.9 Å². The van der Waals surface area contributed by atoms with Crippen molar-refractivity contribution in [1.29, 1.82) is 0 Å².